The first-order valence-electron chi connectivity index (χ1n) is 21.9. The second kappa shape index (κ2) is 15.1. The standard InChI is InChI=1S/C49H59ClN6O4Si/c1-33-37-19-14-22-55(43(37)54-53-42(33)50)40-21-20-38(41(52-40)44(57)58)39-25-51-56(34(39)2)32-48-27-46(6)26-47(7,28-48)30-49(29-46,31-48)59-23-24-60-61(45(3,4)5,35-15-10-8-11-16-35)36-17-12-9-13-18-36/h8-13,15-18,20-21,25H,14,19,22-24,26-32H2,1-7H3,(H,57,58). The maximum Gasteiger partial charge on any atom is 0.355 e. The molecule has 61 heavy (non-hydrogen) atoms. The van der Waals surface area contributed by atoms with Crippen molar-refractivity contribution in [3.63, 3.8) is 0 Å². The number of aromatic carboxylic acids is 1. The number of carboxylic acid groups (broad SMARTS) is 1. The van der Waals surface area contributed by atoms with Gasteiger partial charge in [0.15, 0.2) is 16.7 Å². The Morgan fingerprint density at radius 2 is 1.51 bits per heavy atom. The largest absolute Gasteiger partial charge is 0.476 e. The summed E-state index contributed by atoms with van der Waals surface area (Å²) in [6.45, 7) is 18.4. The van der Waals surface area contributed by atoms with Crippen molar-refractivity contribution in [3.8, 4) is 11.1 Å². The van der Waals surface area contributed by atoms with Crippen molar-refractivity contribution in [2.24, 2.45) is 16.2 Å². The first kappa shape index (κ1) is 41.9. The van der Waals surface area contributed by atoms with Gasteiger partial charge in [0.1, 0.15) is 5.82 Å². The molecule has 0 spiro atoms. The highest BCUT2D eigenvalue weighted by molar-refractivity contribution is 6.99. The maximum atomic E-state index is 12.9. The van der Waals surface area contributed by atoms with Crippen molar-refractivity contribution in [1.82, 2.24) is 25.0 Å². The molecular weight excluding hydrogens is 800 g/mol. The molecule has 0 saturated heterocycles. The summed E-state index contributed by atoms with van der Waals surface area (Å²) in [7, 11) is -2.69. The molecule has 12 heteroatoms. The van der Waals surface area contributed by atoms with Gasteiger partial charge in [-0.25, -0.2) is 9.78 Å². The normalized spacial score (nSPS) is 25.8. The third kappa shape index (κ3) is 7.33. The Balaban J connectivity index is 0.967. The molecule has 5 aromatic rings. The average molecular weight is 860 g/mol. The van der Waals surface area contributed by atoms with Crippen LogP contribution in [0.5, 0.6) is 0 Å². The van der Waals surface area contributed by atoms with Crippen molar-refractivity contribution < 1.29 is 19.1 Å². The maximum absolute atomic E-state index is 12.9. The van der Waals surface area contributed by atoms with Crippen molar-refractivity contribution in [2.45, 2.75) is 117 Å². The van der Waals surface area contributed by atoms with Gasteiger partial charge in [-0.15, -0.1) is 10.2 Å². The van der Waals surface area contributed by atoms with Gasteiger partial charge < -0.3 is 19.2 Å². The Morgan fingerprint density at radius 3 is 2.13 bits per heavy atom. The van der Waals surface area contributed by atoms with Gasteiger partial charge >= 0.3 is 5.97 Å². The molecule has 1 aliphatic heterocycles. The molecule has 4 heterocycles. The quantitative estimate of drug-likeness (QED) is 0.0968. The number of ether oxygens (including phenoxy) is 1. The van der Waals surface area contributed by atoms with Crippen molar-refractivity contribution in [3.05, 3.63) is 107 Å². The topological polar surface area (TPSA) is 115 Å². The lowest BCUT2D eigenvalue weighted by molar-refractivity contribution is -0.249. The van der Waals surface area contributed by atoms with Crippen LogP contribution < -0.4 is 15.3 Å². The van der Waals surface area contributed by atoms with Crippen LogP contribution in [-0.4, -0.2) is 69.7 Å². The Kier molecular flexibility index (Phi) is 10.4. The zero-order valence-corrected chi connectivity index (χ0v) is 38.5. The molecule has 4 fully saturated rings. The van der Waals surface area contributed by atoms with Crippen LogP contribution >= 0.6 is 11.6 Å². The SMILES string of the molecule is Cc1c(Cl)nnc2c1CCCN2c1ccc(-c2cnn(CC34CC5(C)CC(C)(C3)CC(OCCO[Si](c3ccccc3)(c3ccccc3)C(C)(C)C)(C5)C4)c2C)c(C(=O)O)n1. The molecule has 2 unspecified atom stereocenters. The number of halogens is 1. The van der Waals surface area contributed by atoms with Crippen LogP contribution in [0.3, 0.4) is 0 Å². The highest BCUT2D eigenvalue weighted by Crippen LogP contribution is 2.72. The second-order valence-corrected chi connectivity index (χ2v) is 25.2. The fraction of sp³-hybridized carbons (Fsp3) is 0.490. The molecule has 0 radical (unpaired) electrons. The third-order valence-electron chi connectivity index (χ3n) is 14.4. The smallest absolute Gasteiger partial charge is 0.355 e. The van der Waals surface area contributed by atoms with E-state index in [0.29, 0.717) is 42.1 Å². The number of benzene rings is 2. The summed E-state index contributed by atoms with van der Waals surface area (Å²) in [6.07, 6.45) is 10.1. The van der Waals surface area contributed by atoms with Gasteiger partial charge in [0, 0.05) is 35.5 Å². The lowest BCUT2D eigenvalue weighted by Crippen LogP contribution is -2.67. The van der Waals surface area contributed by atoms with Gasteiger partial charge in [0.25, 0.3) is 8.32 Å². The summed E-state index contributed by atoms with van der Waals surface area (Å²) in [6, 6.07) is 25.4. The second-order valence-electron chi connectivity index (χ2n) is 20.6. The number of aromatic nitrogens is 5. The molecule has 5 aliphatic rings. The molecule has 320 valence electrons. The van der Waals surface area contributed by atoms with E-state index in [1.165, 1.54) is 16.8 Å². The zero-order valence-electron chi connectivity index (χ0n) is 36.7. The first-order chi connectivity index (χ1) is 29.0. The summed E-state index contributed by atoms with van der Waals surface area (Å²) in [5.41, 5.74) is 4.26. The fourth-order valence-electron chi connectivity index (χ4n) is 13.3. The van der Waals surface area contributed by atoms with Gasteiger partial charge in [-0.3, -0.25) is 4.68 Å². The number of pyridine rings is 1. The van der Waals surface area contributed by atoms with Crippen LogP contribution in [0.1, 0.15) is 107 Å². The molecule has 4 aliphatic carbocycles. The molecule has 2 atom stereocenters. The van der Waals surface area contributed by atoms with E-state index in [1.807, 2.05) is 30.2 Å². The highest BCUT2D eigenvalue weighted by atomic mass is 35.5. The molecule has 4 bridgehead atoms. The van der Waals surface area contributed by atoms with Gasteiger partial charge in [-0.05, 0) is 115 Å². The van der Waals surface area contributed by atoms with Crippen LogP contribution in [0.25, 0.3) is 11.1 Å². The van der Waals surface area contributed by atoms with Gasteiger partial charge in [-0.2, -0.15) is 5.10 Å². The van der Waals surface area contributed by atoms with E-state index in [-0.39, 0.29) is 32.6 Å². The summed E-state index contributed by atoms with van der Waals surface area (Å²) >= 11 is 6.32. The van der Waals surface area contributed by atoms with Crippen molar-refractivity contribution >= 4 is 47.9 Å². The number of carbonyl (C=O) groups is 1. The van der Waals surface area contributed by atoms with E-state index >= 15 is 0 Å². The van der Waals surface area contributed by atoms with Crippen molar-refractivity contribution in [2.75, 3.05) is 24.7 Å². The minimum atomic E-state index is -2.69. The molecule has 10 rings (SSSR count). The number of anilines is 2. The minimum Gasteiger partial charge on any atom is -0.476 e. The van der Waals surface area contributed by atoms with Crippen LogP contribution in [0.2, 0.25) is 10.2 Å². The predicted molar refractivity (Wildman–Crippen MR) is 243 cm³/mol. The summed E-state index contributed by atoms with van der Waals surface area (Å²) in [5.74, 6) is 0.125. The van der Waals surface area contributed by atoms with Crippen molar-refractivity contribution in [1.29, 1.82) is 0 Å². The monoisotopic (exact) mass is 858 g/mol. The van der Waals surface area contributed by atoms with Gasteiger partial charge in [0.05, 0.1) is 25.0 Å². The number of nitrogens with zero attached hydrogens (tertiary/aromatic N) is 6. The van der Waals surface area contributed by atoms with E-state index in [1.54, 1.807) is 0 Å². The number of hydrogen-bond donors (Lipinski definition) is 1. The molecule has 0 amide bonds. The molecule has 4 saturated carbocycles. The predicted octanol–water partition coefficient (Wildman–Crippen LogP) is 9.50. The third-order valence-corrected chi connectivity index (χ3v) is 19.8. The Morgan fingerprint density at radius 1 is 0.852 bits per heavy atom. The number of carboxylic acids is 1. The summed E-state index contributed by atoms with van der Waals surface area (Å²) in [5, 5.41) is 26.9. The van der Waals surface area contributed by atoms with Crippen LogP contribution in [0.4, 0.5) is 11.6 Å². The zero-order chi connectivity index (χ0) is 43.0. The van der Waals surface area contributed by atoms with E-state index in [0.717, 1.165) is 73.9 Å². The molecule has 10 nitrogen and oxygen atoms in total. The Labute approximate surface area is 366 Å². The summed E-state index contributed by atoms with van der Waals surface area (Å²) < 4.78 is 16.6. The average Bonchev–Trinajstić information content (AvgIpc) is 3.55. The molecule has 1 N–H and O–H groups in total. The van der Waals surface area contributed by atoms with Crippen LogP contribution in [-0.2, 0) is 22.1 Å². The van der Waals surface area contributed by atoms with E-state index in [9.17, 15) is 9.90 Å². The molecule has 2 aromatic carbocycles. The lowest BCUT2D eigenvalue weighted by Gasteiger charge is -2.69. The van der Waals surface area contributed by atoms with Crippen LogP contribution in [0.15, 0.2) is 79.0 Å². The number of hydrogen-bond acceptors (Lipinski definition) is 8. The highest BCUT2D eigenvalue weighted by Gasteiger charge is 2.66. The molecule has 3 aromatic heterocycles. The van der Waals surface area contributed by atoms with Gasteiger partial charge in [0.2, 0.25) is 0 Å². The number of fused-ring (bicyclic) bond motifs is 1. The lowest BCUT2D eigenvalue weighted by atomic mass is 9.39. The van der Waals surface area contributed by atoms with E-state index in [4.69, 9.17) is 30.8 Å². The van der Waals surface area contributed by atoms with E-state index < -0.39 is 14.3 Å². The fourth-order valence-corrected chi connectivity index (χ4v) is 18.0. The van der Waals surface area contributed by atoms with E-state index in [2.05, 4.69) is 117 Å². The summed E-state index contributed by atoms with van der Waals surface area (Å²) in [4.78, 5) is 19.6. The number of rotatable bonds is 12. The Bertz CT molecular complexity index is 2410. The first-order valence-corrected chi connectivity index (χ1v) is 24.2. The molecular formula is C49H59ClN6O4Si. The minimum absolute atomic E-state index is 0.00612. The Hall–Kier alpha value is -4.42. The van der Waals surface area contributed by atoms with Gasteiger partial charge in [-0.1, -0.05) is 107 Å². The van der Waals surface area contributed by atoms with Crippen LogP contribution in [0, 0.1) is 30.1 Å².